The number of aromatic nitrogens is 6. The van der Waals surface area contributed by atoms with Crippen molar-refractivity contribution in [2.24, 2.45) is 5.92 Å². The van der Waals surface area contributed by atoms with Gasteiger partial charge in [0.25, 0.3) is 0 Å². The van der Waals surface area contributed by atoms with Gasteiger partial charge in [-0.15, -0.1) is 0 Å². The fraction of sp³-hybridized carbons (Fsp3) is 0.286. The number of hydrogen-bond donors (Lipinski definition) is 4. The minimum absolute atomic E-state index is 0.0532. The van der Waals surface area contributed by atoms with Gasteiger partial charge in [-0.1, -0.05) is 31.4 Å². The van der Waals surface area contributed by atoms with E-state index < -0.39 is 0 Å². The first kappa shape index (κ1) is 29.5. The van der Waals surface area contributed by atoms with Crippen molar-refractivity contribution in [2.45, 2.75) is 32.1 Å². The fourth-order valence-corrected chi connectivity index (χ4v) is 6.13. The second kappa shape index (κ2) is 12.7. The summed E-state index contributed by atoms with van der Waals surface area (Å²) in [6, 6.07) is 16.5. The van der Waals surface area contributed by atoms with Crippen LogP contribution in [0.15, 0.2) is 67.0 Å². The maximum Gasteiger partial charge on any atom is 0.227 e. The molecule has 1 saturated carbocycles. The lowest BCUT2D eigenvalue weighted by Crippen LogP contribution is -2.24. The summed E-state index contributed by atoms with van der Waals surface area (Å²) in [6.07, 6.45) is 8.66. The van der Waals surface area contributed by atoms with Crippen LogP contribution in [0.4, 0.5) is 15.8 Å². The van der Waals surface area contributed by atoms with Crippen LogP contribution >= 0.6 is 0 Å². The number of likely N-dealkylation sites (N-methyl/N-ethyl adjacent to an activating group) is 1. The second-order valence-corrected chi connectivity index (χ2v) is 12.2. The fourth-order valence-electron chi connectivity index (χ4n) is 6.13. The van der Waals surface area contributed by atoms with Gasteiger partial charge in [0.2, 0.25) is 5.91 Å². The number of halogens is 1. The first-order chi connectivity index (χ1) is 22.4. The summed E-state index contributed by atoms with van der Waals surface area (Å²) < 4.78 is 14.7. The molecule has 0 bridgehead atoms. The number of hydrogen-bond acceptors (Lipinski definition) is 7. The Labute approximate surface area is 265 Å². The highest BCUT2D eigenvalue weighted by Crippen LogP contribution is 2.33. The molecule has 0 unspecified atom stereocenters. The van der Waals surface area contributed by atoms with Crippen LogP contribution in [0, 0.1) is 11.7 Å². The molecule has 0 saturated heterocycles. The minimum atomic E-state index is -0.320. The number of para-hydroxylation sites is 1. The molecule has 10 nitrogen and oxygen atoms in total. The maximum atomic E-state index is 14.7. The van der Waals surface area contributed by atoms with E-state index in [0.29, 0.717) is 46.2 Å². The number of anilines is 2. The summed E-state index contributed by atoms with van der Waals surface area (Å²) in [5.41, 5.74) is 7.86. The Morgan fingerprint density at radius 2 is 1.78 bits per heavy atom. The van der Waals surface area contributed by atoms with Crippen LogP contribution in [0.25, 0.3) is 56.0 Å². The van der Waals surface area contributed by atoms with Gasteiger partial charge in [0.05, 0.1) is 34.1 Å². The van der Waals surface area contributed by atoms with E-state index in [4.69, 9.17) is 9.97 Å². The summed E-state index contributed by atoms with van der Waals surface area (Å²) in [7, 11) is 4.00. The Kier molecular flexibility index (Phi) is 8.15. The summed E-state index contributed by atoms with van der Waals surface area (Å²) in [6.45, 7) is 1.53. The van der Waals surface area contributed by atoms with Crippen molar-refractivity contribution in [1.29, 1.82) is 0 Å². The van der Waals surface area contributed by atoms with Crippen molar-refractivity contribution in [3.05, 3.63) is 72.8 Å². The van der Waals surface area contributed by atoms with Crippen molar-refractivity contribution in [1.82, 2.24) is 35.0 Å². The molecule has 0 spiro atoms. The second-order valence-electron chi connectivity index (χ2n) is 12.2. The molecule has 4 heterocycles. The van der Waals surface area contributed by atoms with E-state index in [0.717, 1.165) is 60.0 Å². The number of imidazole rings is 1. The molecule has 4 aromatic heterocycles. The zero-order valence-corrected chi connectivity index (χ0v) is 25.9. The number of carbonyl (C=O) groups excluding carboxylic acids is 1. The van der Waals surface area contributed by atoms with Gasteiger partial charge in [-0.05, 0) is 75.0 Å². The monoisotopic (exact) mass is 617 g/mol. The topological polar surface area (TPSA) is 128 Å². The third-order valence-corrected chi connectivity index (χ3v) is 8.52. The number of nitrogens with one attached hydrogen (secondary N) is 4. The molecule has 1 aliphatic rings. The van der Waals surface area contributed by atoms with Crippen molar-refractivity contribution in [3.8, 4) is 33.9 Å². The first-order valence-corrected chi connectivity index (χ1v) is 15.7. The van der Waals surface area contributed by atoms with Gasteiger partial charge in [-0.2, -0.15) is 5.10 Å². The summed E-state index contributed by atoms with van der Waals surface area (Å²) in [5.74, 6) is 0.335. The number of amides is 1. The molecule has 1 fully saturated rings. The number of nitrogens with zero attached hydrogens (tertiary/aromatic N) is 5. The predicted molar refractivity (Wildman–Crippen MR) is 180 cm³/mol. The highest BCUT2D eigenvalue weighted by atomic mass is 19.1. The van der Waals surface area contributed by atoms with E-state index in [9.17, 15) is 9.18 Å². The largest absolute Gasteiger partial charge is 0.384 e. The third-order valence-electron chi connectivity index (χ3n) is 8.52. The van der Waals surface area contributed by atoms with Crippen LogP contribution < -0.4 is 10.6 Å². The van der Waals surface area contributed by atoms with Crippen LogP contribution in [-0.4, -0.2) is 68.1 Å². The standard InChI is InChI=1S/C35H36FN9O/c1-45(2)14-13-38-25-16-22(15-24(36)18-25)27-9-6-10-29-31(27)42-34(41-29)33-32-30(43-44-33)12-11-28(40-32)23-17-26(20-37-19-23)39-35(46)21-7-4-3-5-8-21/h6,9-12,15-21,38H,3-5,7-8,13-14H2,1-2H3,(H,39,46)(H,41,42)(H,43,44). The van der Waals surface area contributed by atoms with E-state index in [2.05, 4.69) is 35.7 Å². The van der Waals surface area contributed by atoms with Crippen LogP contribution in [0.3, 0.4) is 0 Å². The summed E-state index contributed by atoms with van der Waals surface area (Å²) >= 11 is 0. The van der Waals surface area contributed by atoms with Gasteiger partial charge in [0.1, 0.15) is 11.3 Å². The Bertz CT molecular complexity index is 2030. The van der Waals surface area contributed by atoms with Gasteiger partial charge < -0.3 is 20.5 Å². The van der Waals surface area contributed by atoms with Crippen LogP contribution in [0.5, 0.6) is 0 Å². The van der Waals surface area contributed by atoms with Crippen LogP contribution in [0.1, 0.15) is 32.1 Å². The van der Waals surface area contributed by atoms with E-state index in [1.54, 1.807) is 12.4 Å². The Balaban J connectivity index is 1.19. The van der Waals surface area contributed by atoms with Crippen molar-refractivity contribution >= 4 is 39.3 Å². The number of fused-ring (bicyclic) bond motifs is 2. The van der Waals surface area contributed by atoms with Crippen molar-refractivity contribution < 1.29 is 9.18 Å². The number of H-pyrrole nitrogens is 2. The molecule has 0 atom stereocenters. The van der Waals surface area contributed by atoms with Gasteiger partial charge >= 0.3 is 0 Å². The Morgan fingerprint density at radius 3 is 2.63 bits per heavy atom. The van der Waals surface area contributed by atoms with E-state index in [-0.39, 0.29) is 17.6 Å². The number of pyridine rings is 2. The van der Waals surface area contributed by atoms with Gasteiger partial charge in [-0.25, -0.2) is 14.4 Å². The molecule has 0 radical (unpaired) electrons. The van der Waals surface area contributed by atoms with Gasteiger partial charge in [0, 0.05) is 42.0 Å². The average molecular weight is 618 g/mol. The Morgan fingerprint density at radius 1 is 0.935 bits per heavy atom. The lowest BCUT2D eigenvalue weighted by atomic mass is 9.88. The Hall–Kier alpha value is -5.16. The molecule has 46 heavy (non-hydrogen) atoms. The van der Waals surface area contributed by atoms with Crippen molar-refractivity contribution in [3.63, 3.8) is 0 Å². The van der Waals surface area contributed by atoms with E-state index >= 15 is 0 Å². The van der Waals surface area contributed by atoms with E-state index in [1.165, 1.54) is 18.6 Å². The number of rotatable bonds is 9. The third kappa shape index (κ3) is 6.18. The summed E-state index contributed by atoms with van der Waals surface area (Å²) in [4.78, 5) is 32.6. The van der Waals surface area contributed by atoms with E-state index in [1.807, 2.05) is 56.6 Å². The molecular weight excluding hydrogens is 581 g/mol. The first-order valence-electron chi connectivity index (χ1n) is 15.7. The van der Waals surface area contributed by atoms with Gasteiger partial charge in [-0.3, -0.25) is 14.9 Å². The number of carbonyl (C=O) groups is 1. The molecule has 1 amide bonds. The zero-order chi connectivity index (χ0) is 31.6. The molecule has 0 aliphatic heterocycles. The summed E-state index contributed by atoms with van der Waals surface area (Å²) in [5, 5.41) is 14.0. The molecule has 11 heteroatoms. The highest BCUT2D eigenvalue weighted by Gasteiger charge is 2.22. The molecule has 1 aliphatic carbocycles. The quantitative estimate of drug-likeness (QED) is 0.140. The normalized spacial score (nSPS) is 13.9. The number of aromatic amines is 2. The minimum Gasteiger partial charge on any atom is -0.384 e. The molecule has 7 rings (SSSR count). The SMILES string of the molecule is CN(C)CCNc1cc(F)cc(-c2cccc3[nH]c(-c4n[nH]c5ccc(-c6cncc(NC(=O)C7CCCCC7)c6)nc45)nc23)c1. The zero-order valence-electron chi connectivity index (χ0n) is 25.9. The van der Waals surface area contributed by atoms with Crippen LogP contribution in [0.2, 0.25) is 0 Å². The lowest BCUT2D eigenvalue weighted by Gasteiger charge is -2.20. The average Bonchev–Trinajstić information content (AvgIpc) is 3.69. The van der Waals surface area contributed by atoms with Gasteiger partial charge in [0.15, 0.2) is 11.5 Å². The maximum absolute atomic E-state index is 14.7. The highest BCUT2D eigenvalue weighted by molar-refractivity contribution is 5.97. The number of benzene rings is 2. The predicted octanol–water partition coefficient (Wildman–Crippen LogP) is 6.86. The molecule has 6 aromatic rings. The molecular formula is C35H36FN9O. The van der Waals surface area contributed by atoms with Crippen LogP contribution in [-0.2, 0) is 4.79 Å². The molecule has 4 N–H and O–H groups in total. The lowest BCUT2D eigenvalue weighted by molar-refractivity contribution is -0.120. The molecule has 234 valence electrons. The smallest absolute Gasteiger partial charge is 0.227 e. The van der Waals surface area contributed by atoms with Crippen molar-refractivity contribution in [2.75, 3.05) is 37.8 Å². The molecule has 2 aromatic carbocycles.